The van der Waals surface area contributed by atoms with Crippen molar-refractivity contribution >= 4 is 11.8 Å². The maximum Gasteiger partial charge on any atom is 0.244 e. The molecule has 120 valence electrons. The smallest absolute Gasteiger partial charge is 0.244 e. The van der Waals surface area contributed by atoms with Crippen LogP contribution in [0.3, 0.4) is 0 Å². The number of rotatable bonds is 4. The molecule has 2 amide bonds. The third kappa shape index (κ3) is 4.43. The zero-order valence-electron chi connectivity index (χ0n) is 13.4. The normalized spacial score (nSPS) is 25.4. The van der Waals surface area contributed by atoms with Gasteiger partial charge in [-0.2, -0.15) is 0 Å². The molecule has 21 heavy (non-hydrogen) atoms. The van der Waals surface area contributed by atoms with Crippen LogP contribution in [-0.4, -0.2) is 48.9 Å². The number of amides is 2. The van der Waals surface area contributed by atoms with Crippen LogP contribution in [-0.2, 0) is 9.59 Å². The summed E-state index contributed by atoms with van der Waals surface area (Å²) in [4.78, 5) is 26.6. The first-order valence-corrected chi connectivity index (χ1v) is 8.38. The van der Waals surface area contributed by atoms with Gasteiger partial charge < -0.3 is 15.5 Å². The SMILES string of the molecule is CNC1CCCN(C(=O)[C@H](C)NC(=O)C2CCCCC2)C1. The average molecular weight is 295 g/mol. The van der Waals surface area contributed by atoms with E-state index in [1.807, 2.05) is 18.9 Å². The summed E-state index contributed by atoms with van der Waals surface area (Å²) in [6, 6.07) is -0.0287. The number of carbonyl (C=O) groups is 2. The largest absolute Gasteiger partial charge is 0.344 e. The number of likely N-dealkylation sites (tertiary alicyclic amines) is 1. The van der Waals surface area contributed by atoms with Gasteiger partial charge in [0.15, 0.2) is 0 Å². The Kier molecular flexibility index (Phi) is 6.03. The van der Waals surface area contributed by atoms with Crippen LogP contribution >= 0.6 is 0 Å². The van der Waals surface area contributed by atoms with Gasteiger partial charge in [-0.05, 0) is 39.7 Å². The molecule has 5 nitrogen and oxygen atoms in total. The van der Waals surface area contributed by atoms with Crippen molar-refractivity contribution in [3.8, 4) is 0 Å². The molecule has 2 N–H and O–H groups in total. The molecule has 0 spiro atoms. The lowest BCUT2D eigenvalue weighted by Crippen LogP contribution is -2.53. The molecule has 0 aromatic carbocycles. The number of likely N-dealkylation sites (N-methyl/N-ethyl adjacent to an activating group) is 1. The van der Waals surface area contributed by atoms with E-state index in [4.69, 9.17) is 0 Å². The highest BCUT2D eigenvalue weighted by Gasteiger charge is 2.29. The molecule has 0 radical (unpaired) electrons. The van der Waals surface area contributed by atoms with E-state index in [-0.39, 0.29) is 17.7 Å². The van der Waals surface area contributed by atoms with E-state index in [0.717, 1.165) is 51.6 Å². The van der Waals surface area contributed by atoms with E-state index in [2.05, 4.69) is 10.6 Å². The monoisotopic (exact) mass is 295 g/mol. The molecule has 0 aromatic rings. The molecular formula is C16H29N3O2. The van der Waals surface area contributed by atoms with E-state index in [1.54, 1.807) is 0 Å². The lowest BCUT2D eigenvalue weighted by atomic mass is 9.88. The topological polar surface area (TPSA) is 61.4 Å². The van der Waals surface area contributed by atoms with Crippen molar-refractivity contribution in [2.45, 2.75) is 64.0 Å². The van der Waals surface area contributed by atoms with Gasteiger partial charge in [0, 0.05) is 25.0 Å². The van der Waals surface area contributed by atoms with Gasteiger partial charge in [0.1, 0.15) is 6.04 Å². The molecule has 1 unspecified atom stereocenters. The average Bonchev–Trinajstić information content (AvgIpc) is 2.54. The lowest BCUT2D eigenvalue weighted by Gasteiger charge is -2.34. The maximum absolute atomic E-state index is 12.5. The van der Waals surface area contributed by atoms with Crippen LogP contribution in [0.5, 0.6) is 0 Å². The molecule has 0 aromatic heterocycles. The van der Waals surface area contributed by atoms with Crippen LogP contribution in [0.15, 0.2) is 0 Å². The van der Waals surface area contributed by atoms with E-state index < -0.39 is 6.04 Å². The third-order valence-corrected chi connectivity index (χ3v) is 4.85. The van der Waals surface area contributed by atoms with Crippen molar-refractivity contribution in [3.63, 3.8) is 0 Å². The third-order valence-electron chi connectivity index (χ3n) is 4.85. The van der Waals surface area contributed by atoms with Gasteiger partial charge >= 0.3 is 0 Å². The molecule has 1 saturated heterocycles. The Morgan fingerprint density at radius 3 is 2.48 bits per heavy atom. The molecule has 2 aliphatic rings. The van der Waals surface area contributed by atoms with Crippen molar-refractivity contribution in [3.05, 3.63) is 0 Å². The highest BCUT2D eigenvalue weighted by molar-refractivity contribution is 5.88. The van der Waals surface area contributed by atoms with Gasteiger partial charge in [-0.15, -0.1) is 0 Å². The quantitative estimate of drug-likeness (QED) is 0.821. The minimum atomic E-state index is -0.407. The molecule has 1 heterocycles. The maximum atomic E-state index is 12.5. The highest BCUT2D eigenvalue weighted by atomic mass is 16.2. The summed E-state index contributed by atoms with van der Waals surface area (Å²) in [5.74, 6) is 0.234. The molecule has 1 aliphatic heterocycles. The summed E-state index contributed by atoms with van der Waals surface area (Å²) in [7, 11) is 1.94. The number of nitrogens with zero attached hydrogens (tertiary/aromatic N) is 1. The summed E-state index contributed by atoms with van der Waals surface area (Å²) in [5.41, 5.74) is 0. The minimum Gasteiger partial charge on any atom is -0.344 e. The number of nitrogens with one attached hydrogen (secondary N) is 2. The van der Waals surface area contributed by atoms with Gasteiger partial charge in [-0.1, -0.05) is 19.3 Å². The lowest BCUT2D eigenvalue weighted by molar-refractivity contribution is -0.138. The number of hydrogen-bond donors (Lipinski definition) is 2. The van der Waals surface area contributed by atoms with Crippen LogP contribution in [0.4, 0.5) is 0 Å². The first-order valence-electron chi connectivity index (χ1n) is 8.38. The van der Waals surface area contributed by atoms with Crippen molar-refractivity contribution in [1.82, 2.24) is 15.5 Å². The summed E-state index contributed by atoms with van der Waals surface area (Å²) in [6.07, 6.45) is 7.59. The van der Waals surface area contributed by atoms with Crippen LogP contribution in [0, 0.1) is 5.92 Å². The molecule has 0 bridgehead atoms. The number of carbonyl (C=O) groups excluding carboxylic acids is 2. The van der Waals surface area contributed by atoms with Gasteiger partial charge in [0.2, 0.25) is 11.8 Å². The van der Waals surface area contributed by atoms with Crippen molar-refractivity contribution in [1.29, 1.82) is 0 Å². The van der Waals surface area contributed by atoms with E-state index in [0.29, 0.717) is 6.04 Å². The molecule has 2 fully saturated rings. The Bertz CT molecular complexity index is 367. The van der Waals surface area contributed by atoms with Gasteiger partial charge in [-0.3, -0.25) is 9.59 Å². The molecule has 1 saturated carbocycles. The summed E-state index contributed by atoms with van der Waals surface area (Å²) >= 11 is 0. The molecule has 1 aliphatic carbocycles. The number of hydrogen-bond acceptors (Lipinski definition) is 3. The Morgan fingerprint density at radius 2 is 1.81 bits per heavy atom. The Balaban J connectivity index is 1.82. The second-order valence-corrected chi connectivity index (χ2v) is 6.48. The fourth-order valence-electron chi connectivity index (χ4n) is 3.44. The summed E-state index contributed by atoms with van der Waals surface area (Å²) in [6.45, 7) is 3.37. The van der Waals surface area contributed by atoms with Crippen molar-refractivity contribution in [2.24, 2.45) is 5.92 Å². The van der Waals surface area contributed by atoms with Crippen LogP contribution in [0.25, 0.3) is 0 Å². The molecular weight excluding hydrogens is 266 g/mol. The van der Waals surface area contributed by atoms with Crippen LogP contribution in [0.2, 0.25) is 0 Å². The van der Waals surface area contributed by atoms with Gasteiger partial charge in [-0.25, -0.2) is 0 Å². The minimum absolute atomic E-state index is 0.0547. The second-order valence-electron chi connectivity index (χ2n) is 6.48. The van der Waals surface area contributed by atoms with Crippen LogP contribution < -0.4 is 10.6 Å². The van der Waals surface area contributed by atoms with Gasteiger partial charge in [0.25, 0.3) is 0 Å². The highest BCUT2D eigenvalue weighted by Crippen LogP contribution is 2.23. The Labute approximate surface area is 127 Å². The van der Waals surface area contributed by atoms with Crippen LogP contribution in [0.1, 0.15) is 51.9 Å². The van der Waals surface area contributed by atoms with E-state index in [9.17, 15) is 9.59 Å². The Hall–Kier alpha value is -1.10. The molecule has 5 heteroatoms. The van der Waals surface area contributed by atoms with Crippen molar-refractivity contribution in [2.75, 3.05) is 20.1 Å². The zero-order chi connectivity index (χ0) is 15.2. The van der Waals surface area contributed by atoms with Crippen molar-refractivity contribution < 1.29 is 9.59 Å². The predicted octanol–water partition coefficient (Wildman–Crippen LogP) is 1.28. The fraction of sp³-hybridized carbons (Fsp3) is 0.875. The van der Waals surface area contributed by atoms with Gasteiger partial charge in [0.05, 0.1) is 0 Å². The standard InChI is InChI=1S/C16H29N3O2/c1-12(18-15(20)13-7-4-3-5-8-13)16(21)19-10-6-9-14(11-19)17-2/h12-14,17H,3-11H2,1-2H3,(H,18,20)/t12-,14?/m0/s1. The zero-order valence-corrected chi connectivity index (χ0v) is 13.4. The fourth-order valence-corrected chi connectivity index (χ4v) is 3.44. The Morgan fingerprint density at radius 1 is 1.10 bits per heavy atom. The molecule has 2 atom stereocenters. The number of piperidine rings is 1. The molecule has 2 rings (SSSR count). The predicted molar refractivity (Wildman–Crippen MR) is 82.8 cm³/mol. The summed E-state index contributed by atoms with van der Waals surface area (Å²) < 4.78 is 0. The van der Waals surface area contributed by atoms with E-state index in [1.165, 1.54) is 6.42 Å². The second kappa shape index (κ2) is 7.78. The summed E-state index contributed by atoms with van der Waals surface area (Å²) in [5, 5.41) is 6.17. The van der Waals surface area contributed by atoms with E-state index >= 15 is 0 Å². The first kappa shape index (κ1) is 16.3. The first-order chi connectivity index (χ1) is 10.1.